The maximum Gasteiger partial charge on any atom is 0.421 e. The Kier molecular flexibility index (Phi) is 8.41. The van der Waals surface area contributed by atoms with E-state index in [9.17, 15) is 67.5 Å². The molecule has 4 aromatic rings. The molecule has 9 nitrogen and oxygen atoms in total. The molecule has 0 bridgehead atoms. The summed E-state index contributed by atoms with van der Waals surface area (Å²) in [5, 5.41) is 16.3. The fourth-order valence-corrected chi connectivity index (χ4v) is 5.06. The van der Waals surface area contributed by atoms with Crippen molar-refractivity contribution in [2.45, 2.75) is 50.1 Å². The van der Waals surface area contributed by atoms with Crippen LogP contribution < -0.4 is 15.6 Å². The molecular formula is C28H15F11N2O7. The molecule has 6 rings (SSSR count). The average molecular weight is 700 g/mol. The summed E-state index contributed by atoms with van der Waals surface area (Å²) in [5.74, 6) is -12.4. The molecule has 2 aromatic carbocycles. The molecule has 0 radical (unpaired) electrons. The Hall–Kier alpha value is -5.17. The number of nitrogens with zero attached hydrogens (tertiary/aromatic N) is 2. The highest BCUT2D eigenvalue weighted by Crippen LogP contribution is 2.45. The molecule has 2 aromatic heterocycles. The number of alkyl halides is 7. The Bertz CT molecular complexity index is 2150. The first-order valence-electron chi connectivity index (χ1n) is 13.2. The van der Waals surface area contributed by atoms with Crippen molar-refractivity contribution >= 4 is 33.7 Å². The molecule has 2 fully saturated rings. The molecule has 4 atom stereocenters. The van der Waals surface area contributed by atoms with Gasteiger partial charge in [-0.2, -0.15) is 26.3 Å². The Labute approximate surface area is 257 Å². The highest BCUT2D eigenvalue weighted by Gasteiger charge is 2.45. The smallest absolute Gasteiger partial charge is 0.421 e. The summed E-state index contributed by atoms with van der Waals surface area (Å²) in [6, 6.07) is -1.60. The third kappa shape index (κ3) is 5.89. The van der Waals surface area contributed by atoms with Gasteiger partial charge in [0.1, 0.15) is 29.0 Å². The number of carboxylic acid groups (broad SMARTS) is 2. The highest BCUT2D eigenvalue weighted by molar-refractivity contribution is 5.95. The minimum Gasteiger partial charge on any atom is -0.477 e. The molecule has 2 aliphatic rings. The minimum atomic E-state index is -5.37. The van der Waals surface area contributed by atoms with Gasteiger partial charge in [0.15, 0.2) is 23.2 Å². The van der Waals surface area contributed by atoms with Gasteiger partial charge < -0.3 is 24.1 Å². The van der Waals surface area contributed by atoms with Crippen LogP contribution in [0.25, 0.3) is 21.8 Å². The van der Waals surface area contributed by atoms with Crippen LogP contribution in [0.1, 0.15) is 51.2 Å². The van der Waals surface area contributed by atoms with E-state index in [-0.39, 0.29) is 18.9 Å². The fraction of sp³-hybridized carbons (Fsp3) is 0.286. The average Bonchev–Trinajstić information content (AvgIpc) is 3.89. The lowest BCUT2D eigenvalue weighted by atomic mass is 10.0. The molecule has 0 saturated heterocycles. The van der Waals surface area contributed by atoms with Crippen LogP contribution in [0.4, 0.5) is 48.3 Å². The first-order chi connectivity index (χ1) is 22.3. The van der Waals surface area contributed by atoms with Crippen LogP contribution in [0.2, 0.25) is 0 Å². The second kappa shape index (κ2) is 11.8. The van der Waals surface area contributed by atoms with E-state index < -0.39 is 128 Å². The lowest BCUT2D eigenvalue weighted by Gasteiger charge is -2.18. The summed E-state index contributed by atoms with van der Waals surface area (Å²) in [4.78, 5) is 46.4. The first-order valence-corrected chi connectivity index (χ1v) is 13.2. The minimum absolute atomic E-state index is 0.0931. The summed E-state index contributed by atoms with van der Waals surface area (Å²) < 4.78 is 151. The third-order valence-electron chi connectivity index (χ3n) is 7.40. The zero-order valence-electron chi connectivity index (χ0n) is 23.1. The van der Waals surface area contributed by atoms with Crippen LogP contribution >= 0.6 is 0 Å². The van der Waals surface area contributed by atoms with Crippen LogP contribution in [0.15, 0.2) is 34.1 Å². The summed E-state index contributed by atoms with van der Waals surface area (Å²) in [6.45, 7) is -3.53. The van der Waals surface area contributed by atoms with Crippen molar-refractivity contribution in [2.24, 2.45) is 0 Å². The van der Waals surface area contributed by atoms with Crippen molar-refractivity contribution in [2.75, 3.05) is 0 Å². The van der Waals surface area contributed by atoms with E-state index in [0.29, 0.717) is 23.0 Å². The molecule has 2 N–H and O–H groups in total. The predicted octanol–water partition coefficient (Wildman–Crippen LogP) is 6.14. The van der Waals surface area contributed by atoms with E-state index >= 15 is 0 Å². The number of carboxylic acids is 2. The van der Waals surface area contributed by atoms with Crippen LogP contribution in [0.3, 0.4) is 0 Å². The predicted molar refractivity (Wildman–Crippen MR) is 139 cm³/mol. The number of carbonyl (C=O) groups is 2. The molecule has 2 saturated carbocycles. The summed E-state index contributed by atoms with van der Waals surface area (Å²) in [5.41, 5.74) is -8.16. The fourth-order valence-electron chi connectivity index (χ4n) is 5.06. The molecule has 256 valence electrons. The molecule has 0 spiro atoms. The van der Waals surface area contributed by atoms with Gasteiger partial charge in [-0.25, -0.2) is 31.5 Å². The standard InChI is InChI=1S/C14H7F6NO3.C14H8F5NO4/c15-6-2-8(6)21-3-5(13(23)24)12(22)4-1-7(16)10(17)9(11(4)21)14(18,19)20;15-6-2-8(6)20-3-5(13(22)23)11(21)4-1-7(16)9(17)12(10(4)20)24-14(18)19/h1,3,6,8H,2H2,(H,23,24);1,3,6,8,14H,2H2,(H,22,23)/t2*6-,8+/m00/s1. The second-order valence-corrected chi connectivity index (χ2v) is 10.5. The summed E-state index contributed by atoms with van der Waals surface area (Å²) >= 11 is 0. The van der Waals surface area contributed by atoms with Crippen molar-refractivity contribution < 1.29 is 72.8 Å². The van der Waals surface area contributed by atoms with E-state index in [1.54, 1.807) is 0 Å². The number of pyridine rings is 2. The van der Waals surface area contributed by atoms with Gasteiger partial charge in [-0.3, -0.25) is 9.59 Å². The van der Waals surface area contributed by atoms with Crippen molar-refractivity contribution in [1.82, 2.24) is 9.13 Å². The molecule has 0 unspecified atom stereocenters. The number of halogens is 11. The van der Waals surface area contributed by atoms with Crippen LogP contribution in [-0.2, 0) is 6.18 Å². The SMILES string of the molecule is O=C(O)c1cn([C@@H]2C[C@@H]2F)c2c(C(F)(F)F)c(F)c(F)cc2c1=O.O=C(O)c1cn([C@@H]2C[C@@H]2F)c2c(OC(F)F)c(F)c(F)cc2c1=O. The Morgan fingerprint density at radius 3 is 1.54 bits per heavy atom. The van der Waals surface area contributed by atoms with E-state index in [0.717, 1.165) is 4.57 Å². The number of rotatable bonds is 6. The van der Waals surface area contributed by atoms with Gasteiger partial charge in [-0.1, -0.05) is 0 Å². The first kappa shape index (κ1) is 34.2. The number of benzene rings is 2. The molecular weight excluding hydrogens is 685 g/mol. The topological polar surface area (TPSA) is 128 Å². The summed E-state index contributed by atoms with van der Waals surface area (Å²) in [6.07, 6.45) is -7.46. The molecule has 2 heterocycles. The quantitative estimate of drug-likeness (QED) is 0.232. The van der Waals surface area contributed by atoms with Gasteiger partial charge in [0.25, 0.3) is 0 Å². The molecule has 0 amide bonds. The van der Waals surface area contributed by atoms with Gasteiger partial charge in [-0.05, 0) is 12.1 Å². The number of ether oxygens (including phenoxy) is 1. The monoisotopic (exact) mass is 700 g/mol. The normalized spacial score (nSPS) is 20.1. The number of hydrogen-bond acceptors (Lipinski definition) is 5. The Morgan fingerprint density at radius 1 is 0.771 bits per heavy atom. The van der Waals surface area contributed by atoms with Gasteiger partial charge in [0.2, 0.25) is 16.7 Å². The number of aromatic carboxylic acids is 2. The van der Waals surface area contributed by atoms with Crippen molar-refractivity contribution in [3.63, 3.8) is 0 Å². The van der Waals surface area contributed by atoms with Gasteiger partial charge in [0.05, 0.1) is 33.9 Å². The molecule has 2 aliphatic carbocycles. The van der Waals surface area contributed by atoms with Crippen molar-refractivity contribution in [3.8, 4) is 5.75 Å². The van der Waals surface area contributed by atoms with Crippen LogP contribution in [0.5, 0.6) is 5.75 Å². The van der Waals surface area contributed by atoms with Gasteiger partial charge in [0, 0.05) is 25.2 Å². The van der Waals surface area contributed by atoms with E-state index in [1.807, 2.05) is 0 Å². The lowest BCUT2D eigenvalue weighted by Crippen LogP contribution is -2.23. The highest BCUT2D eigenvalue weighted by atomic mass is 19.4. The van der Waals surface area contributed by atoms with Crippen molar-refractivity contribution in [1.29, 1.82) is 0 Å². The maximum absolute atomic E-state index is 13.9. The number of fused-ring (bicyclic) bond motifs is 2. The van der Waals surface area contributed by atoms with E-state index in [4.69, 9.17) is 10.2 Å². The molecule has 20 heteroatoms. The molecule has 0 aliphatic heterocycles. The second-order valence-electron chi connectivity index (χ2n) is 10.5. The maximum atomic E-state index is 13.9. The van der Waals surface area contributed by atoms with E-state index in [2.05, 4.69) is 4.74 Å². The Morgan fingerprint density at radius 2 is 1.17 bits per heavy atom. The van der Waals surface area contributed by atoms with Crippen LogP contribution in [-0.4, -0.2) is 50.2 Å². The number of hydrogen-bond donors (Lipinski definition) is 2. The molecule has 48 heavy (non-hydrogen) atoms. The van der Waals surface area contributed by atoms with Gasteiger partial charge >= 0.3 is 24.7 Å². The largest absolute Gasteiger partial charge is 0.477 e. The van der Waals surface area contributed by atoms with E-state index in [1.165, 1.54) is 0 Å². The van der Waals surface area contributed by atoms with Crippen molar-refractivity contribution in [3.05, 3.63) is 84.9 Å². The number of aromatic nitrogens is 2. The third-order valence-corrected chi connectivity index (χ3v) is 7.40. The zero-order valence-corrected chi connectivity index (χ0v) is 23.1. The zero-order chi connectivity index (χ0) is 35.7. The lowest BCUT2D eigenvalue weighted by molar-refractivity contribution is -0.139. The van der Waals surface area contributed by atoms with Crippen LogP contribution in [0, 0.1) is 23.3 Å². The summed E-state index contributed by atoms with van der Waals surface area (Å²) in [7, 11) is 0. The Balaban J connectivity index is 0.000000188. The van der Waals surface area contributed by atoms with Gasteiger partial charge in [-0.15, -0.1) is 0 Å².